The summed E-state index contributed by atoms with van der Waals surface area (Å²) in [5.74, 6) is -0.429. The Balaban J connectivity index is 2.20. The molecule has 0 saturated carbocycles. The van der Waals surface area contributed by atoms with Crippen molar-refractivity contribution in [2.45, 2.75) is 25.1 Å². The maximum absolute atomic E-state index is 11.6. The summed E-state index contributed by atoms with van der Waals surface area (Å²) in [5, 5.41) is -0.748. The topological polar surface area (TPSA) is 35.5 Å². The molecule has 4 heteroatoms. The van der Waals surface area contributed by atoms with Gasteiger partial charge in [0.1, 0.15) is 6.61 Å². The van der Waals surface area contributed by atoms with Crippen LogP contribution in [0, 0.1) is 0 Å². The third kappa shape index (κ3) is 5.52. The highest BCUT2D eigenvalue weighted by molar-refractivity contribution is 6.29. The maximum Gasteiger partial charge on any atom is 0.328 e. The van der Waals surface area contributed by atoms with E-state index in [1.807, 2.05) is 18.2 Å². The van der Waals surface area contributed by atoms with Gasteiger partial charge in [-0.05, 0) is 12.0 Å². The number of hydrogen-bond donors (Lipinski definition) is 0. The minimum atomic E-state index is -0.748. The number of rotatable bonds is 8. The zero-order chi connectivity index (χ0) is 13.2. The number of esters is 1. The van der Waals surface area contributed by atoms with Crippen molar-refractivity contribution in [2.24, 2.45) is 0 Å². The fourth-order valence-electron chi connectivity index (χ4n) is 1.38. The summed E-state index contributed by atoms with van der Waals surface area (Å²) in [5.41, 5.74) is 0.746. The summed E-state index contributed by atoms with van der Waals surface area (Å²) in [6.07, 6.45) is 2.12. The van der Waals surface area contributed by atoms with Gasteiger partial charge in [0.25, 0.3) is 0 Å². The van der Waals surface area contributed by atoms with Crippen molar-refractivity contribution in [3.63, 3.8) is 0 Å². The minimum absolute atomic E-state index is 0.249. The summed E-state index contributed by atoms with van der Waals surface area (Å²) in [6.45, 7) is 3.47. The van der Waals surface area contributed by atoms with E-state index in [9.17, 15) is 4.79 Å². The second-order valence-electron chi connectivity index (χ2n) is 3.91. The molecule has 1 aromatic carbocycles. The van der Waals surface area contributed by atoms with Gasteiger partial charge in [-0.2, -0.15) is 0 Å². The van der Waals surface area contributed by atoms with E-state index in [-0.39, 0.29) is 6.61 Å². The Morgan fingerprint density at radius 3 is 2.61 bits per heavy atom. The van der Waals surface area contributed by atoms with E-state index in [1.165, 1.54) is 0 Å². The zero-order valence-corrected chi connectivity index (χ0v) is 11.4. The van der Waals surface area contributed by atoms with Crippen LogP contribution in [0.5, 0.6) is 0 Å². The van der Waals surface area contributed by atoms with Crippen molar-refractivity contribution in [2.75, 3.05) is 19.8 Å². The van der Waals surface area contributed by atoms with Gasteiger partial charge in [-0.3, -0.25) is 4.79 Å². The molecule has 1 rings (SSSR count). The van der Waals surface area contributed by atoms with Gasteiger partial charge in [-0.1, -0.05) is 43.7 Å². The highest BCUT2D eigenvalue weighted by atomic mass is 35.5. The second-order valence-corrected chi connectivity index (χ2v) is 4.34. The van der Waals surface area contributed by atoms with E-state index in [4.69, 9.17) is 21.1 Å². The van der Waals surface area contributed by atoms with Crippen molar-refractivity contribution in [1.29, 1.82) is 0 Å². The lowest BCUT2D eigenvalue weighted by Gasteiger charge is -2.10. The van der Waals surface area contributed by atoms with Crippen LogP contribution in [0.25, 0.3) is 0 Å². The first-order chi connectivity index (χ1) is 8.75. The van der Waals surface area contributed by atoms with E-state index in [0.717, 1.165) is 18.4 Å². The van der Waals surface area contributed by atoms with E-state index >= 15 is 0 Å². The van der Waals surface area contributed by atoms with Gasteiger partial charge < -0.3 is 9.47 Å². The van der Waals surface area contributed by atoms with Gasteiger partial charge in [0, 0.05) is 6.61 Å². The first kappa shape index (κ1) is 15.0. The van der Waals surface area contributed by atoms with Crippen LogP contribution in [-0.2, 0) is 14.3 Å². The van der Waals surface area contributed by atoms with Gasteiger partial charge in [0.2, 0.25) is 0 Å². The predicted octanol–water partition coefficient (Wildman–Crippen LogP) is 3.33. The molecule has 0 bridgehead atoms. The molecule has 0 spiro atoms. The SMILES string of the molecule is CCCCOCCOC(=O)C(Cl)c1ccccc1. The molecule has 100 valence electrons. The number of benzene rings is 1. The largest absolute Gasteiger partial charge is 0.462 e. The first-order valence-electron chi connectivity index (χ1n) is 6.19. The molecule has 0 aromatic heterocycles. The molecule has 1 unspecified atom stereocenters. The number of hydrogen-bond acceptors (Lipinski definition) is 3. The van der Waals surface area contributed by atoms with Crippen molar-refractivity contribution >= 4 is 17.6 Å². The molecule has 0 amide bonds. The number of unbranched alkanes of at least 4 members (excludes halogenated alkanes) is 1. The Morgan fingerprint density at radius 2 is 1.94 bits per heavy atom. The number of carbonyl (C=O) groups excluding carboxylic acids is 1. The molecule has 0 aliphatic rings. The highest BCUT2D eigenvalue weighted by Gasteiger charge is 2.18. The van der Waals surface area contributed by atoms with E-state index < -0.39 is 11.3 Å². The average molecular weight is 271 g/mol. The highest BCUT2D eigenvalue weighted by Crippen LogP contribution is 2.21. The van der Waals surface area contributed by atoms with Crippen LogP contribution in [0.15, 0.2) is 30.3 Å². The first-order valence-corrected chi connectivity index (χ1v) is 6.62. The lowest BCUT2D eigenvalue weighted by molar-refractivity contribution is -0.144. The zero-order valence-electron chi connectivity index (χ0n) is 10.6. The summed E-state index contributed by atoms with van der Waals surface area (Å²) in [6, 6.07) is 9.16. The molecular formula is C14H19ClO3. The van der Waals surface area contributed by atoms with Crippen molar-refractivity contribution < 1.29 is 14.3 Å². The van der Waals surface area contributed by atoms with Crippen LogP contribution in [0.3, 0.4) is 0 Å². The predicted molar refractivity (Wildman–Crippen MR) is 71.7 cm³/mol. The number of halogens is 1. The lowest BCUT2D eigenvalue weighted by Crippen LogP contribution is -2.15. The molecule has 1 aromatic rings. The smallest absolute Gasteiger partial charge is 0.328 e. The van der Waals surface area contributed by atoms with Gasteiger partial charge >= 0.3 is 5.97 Å². The Bertz CT molecular complexity index is 340. The van der Waals surface area contributed by atoms with Crippen LogP contribution in [0.4, 0.5) is 0 Å². The fraction of sp³-hybridized carbons (Fsp3) is 0.500. The molecule has 0 fully saturated rings. The normalized spacial score (nSPS) is 12.1. The molecule has 3 nitrogen and oxygen atoms in total. The molecular weight excluding hydrogens is 252 g/mol. The third-order valence-electron chi connectivity index (χ3n) is 2.41. The fourth-order valence-corrected chi connectivity index (χ4v) is 1.59. The maximum atomic E-state index is 11.6. The Morgan fingerprint density at radius 1 is 1.22 bits per heavy atom. The molecule has 0 aliphatic heterocycles. The molecule has 0 aliphatic carbocycles. The number of alkyl halides is 1. The van der Waals surface area contributed by atoms with Crippen LogP contribution in [0.1, 0.15) is 30.7 Å². The summed E-state index contributed by atoms with van der Waals surface area (Å²) >= 11 is 6.00. The molecule has 0 heterocycles. The number of carbonyl (C=O) groups is 1. The van der Waals surface area contributed by atoms with E-state index in [0.29, 0.717) is 13.2 Å². The van der Waals surface area contributed by atoms with Crippen molar-refractivity contribution in [1.82, 2.24) is 0 Å². The van der Waals surface area contributed by atoms with Gasteiger partial charge in [-0.25, -0.2) is 0 Å². The molecule has 18 heavy (non-hydrogen) atoms. The Hall–Kier alpha value is -1.06. The Kier molecular flexibility index (Phi) is 7.46. The standard InChI is InChI=1S/C14H19ClO3/c1-2-3-9-17-10-11-18-14(16)13(15)12-7-5-4-6-8-12/h4-8,13H,2-3,9-11H2,1H3. The summed E-state index contributed by atoms with van der Waals surface area (Å²) < 4.78 is 10.3. The lowest BCUT2D eigenvalue weighted by atomic mass is 10.1. The Labute approximate surface area is 113 Å². The molecule has 1 atom stereocenters. The molecule has 0 radical (unpaired) electrons. The monoisotopic (exact) mass is 270 g/mol. The van der Waals surface area contributed by atoms with Crippen LogP contribution in [0.2, 0.25) is 0 Å². The average Bonchev–Trinajstić information content (AvgIpc) is 2.42. The quantitative estimate of drug-likeness (QED) is 0.413. The van der Waals surface area contributed by atoms with E-state index in [2.05, 4.69) is 6.92 Å². The van der Waals surface area contributed by atoms with Crippen LogP contribution < -0.4 is 0 Å². The second kappa shape index (κ2) is 8.95. The summed E-state index contributed by atoms with van der Waals surface area (Å²) in [4.78, 5) is 11.6. The van der Waals surface area contributed by atoms with E-state index in [1.54, 1.807) is 12.1 Å². The third-order valence-corrected chi connectivity index (χ3v) is 2.84. The van der Waals surface area contributed by atoms with Crippen molar-refractivity contribution in [3.8, 4) is 0 Å². The van der Waals surface area contributed by atoms with Gasteiger partial charge in [0.05, 0.1) is 6.61 Å². The van der Waals surface area contributed by atoms with Gasteiger partial charge in [0.15, 0.2) is 5.38 Å². The minimum Gasteiger partial charge on any atom is -0.462 e. The van der Waals surface area contributed by atoms with Gasteiger partial charge in [-0.15, -0.1) is 11.6 Å². The van der Waals surface area contributed by atoms with Crippen LogP contribution in [-0.4, -0.2) is 25.8 Å². The molecule has 0 saturated heterocycles. The number of ether oxygens (including phenoxy) is 2. The van der Waals surface area contributed by atoms with Crippen molar-refractivity contribution in [3.05, 3.63) is 35.9 Å². The summed E-state index contributed by atoms with van der Waals surface area (Å²) in [7, 11) is 0. The molecule has 0 N–H and O–H groups in total. The van der Waals surface area contributed by atoms with Crippen LogP contribution >= 0.6 is 11.6 Å².